The quantitative estimate of drug-likeness (QED) is 0.580. The molecule has 0 aromatic heterocycles. The van der Waals surface area contributed by atoms with Crippen LogP contribution in [0.4, 0.5) is 11.4 Å². The van der Waals surface area contributed by atoms with Crippen LogP contribution < -0.4 is 31.5 Å². The summed E-state index contributed by atoms with van der Waals surface area (Å²) >= 11 is 0. The van der Waals surface area contributed by atoms with Crippen molar-refractivity contribution in [2.75, 3.05) is 18.5 Å². The largest absolute Gasteiger partial charge is 0.859 e. The number of nitrogens with two attached hydrogens (primary N) is 1. The molecule has 0 fully saturated rings. The number of amides is 1. The first-order chi connectivity index (χ1) is 14.1. The lowest BCUT2D eigenvalue weighted by molar-refractivity contribution is -0.221. The summed E-state index contributed by atoms with van der Waals surface area (Å²) in [6.07, 6.45) is 1.80. The summed E-state index contributed by atoms with van der Waals surface area (Å²) in [6, 6.07) is 15.2. The number of aliphatic imine (C=N–C) groups is 1. The van der Waals surface area contributed by atoms with Crippen molar-refractivity contribution in [1.82, 2.24) is 10.6 Å². The first-order valence-electron chi connectivity index (χ1n) is 9.13. The molecule has 1 amide bonds. The Balaban J connectivity index is 1.53. The number of hydrogen-bond donors (Lipinski definition) is 4. The number of dihydropyridines is 1. The van der Waals surface area contributed by atoms with E-state index >= 15 is 0 Å². The fourth-order valence-corrected chi connectivity index (χ4v) is 3.08. The highest BCUT2D eigenvalue weighted by Gasteiger charge is 2.18. The van der Waals surface area contributed by atoms with E-state index in [1.54, 1.807) is 18.2 Å². The fourth-order valence-electron chi connectivity index (χ4n) is 3.08. The number of allylic oxidation sites excluding steroid dienone is 1. The van der Waals surface area contributed by atoms with Gasteiger partial charge in [-0.2, -0.15) is 0 Å². The molecule has 2 heterocycles. The average Bonchev–Trinajstić information content (AvgIpc) is 2.72. The number of carbonyl (C=O) groups is 1. The zero-order chi connectivity index (χ0) is 20.2. The Labute approximate surface area is 167 Å². The van der Waals surface area contributed by atoms with E-state index in [1.807, 2.05) is 36.4 Å². The zero-order valence-corrected chi connectivity index (χ0v) is 15.6. The third-order valence-corrected chi connectivity index (χ3v) is 4.53. The minimum absolute atomic E-state index is 0.0381. The van der Waals surface area contributed by atoms with Gasteiger partial charge in [0.2, 0.25) is 5.91 Å². The van der Waals surface area contributed by atoms with E-state index in [2.05, 4.69) is 20.9 Å². The summed E-state index contributed by atoms with van der Waals surface area (Å²) in [7, 11) is 0. The van der Waals surface area contributed by atoms with Crippen molar-refractivity contribution in [3.63, 3.8) is 0 Å². The second-order valence-corrected chi connectivity index (χ2v) is 6.61. The first-order valence-corrected chi connectivity index (χ1v) is 9.13. The van der Waals surface area contributed by atoms with Gasteiger partial charge in [-0.3, -0.25) is 9.79 Å². The van der Waals surface area contributed by atoms with E-state index in [-0.39, 0.29) is 12.5 Å². The molecule has 4 rings (SSSR count). The van der Waals surface area contributed by atoms with Crippen LogP contribution in [0.25, 0.3) is 0 Å². The number of carbonyl (C=O) groups excluding carboxylic acids is 1. The lowest BCUT2D eigenvalue weighted by atomic mass is 10.1. The van der Waals surface area contributed by atoms with Crippen molar-refractivity contribution in [2.24, 2.45) is 10.7 Å². The number of benzene rings is 2. The van der Waals surface area contributed by atoms with Gasteiger partial charge < -0.3 is 31.5 Å². The van der Waals surface area contributed by atoms with Gasteiger partial charge in [0.15, 0.2) is 0 Å². The van der Waals surface area contributed by atoms with Crippen LogP contribution in [0.3, 0.4) is 0 Å². The van der Waals surface area contributed by atoms with Crippen molar-refractivity contribution >= 4 is 23.2 Å². The van der Waals surface area contributed by atoms with Crippen LogP contribution in [0.5, 0.6) is 5.75 Å². The highest BCUT2D eigenvalue weighted by molar-refractivity contribution is 5.94. The molecule has 2 aliphatic heterocycles. The van der Waals surface area contributed by atoms with Gasteiger partial charge in [-0.1, -0.05) is 30.3 Å². The molecule has 2 aromatic carbocycles. The smallest absolute Gasteiger partial charge is 0.248 e. The molecule has 8 heteroatoms. The van der Waals surface area contributed by atoms with Crippen molar-refractivity contribution in [3.05, 3.63) is 77.3 Å². The molecule has 0 spiro atoms. The number of rotatable bonds is 6. The Bertz CT molecular complexity index is 1030. The maximum atomic E-state index is 11.8. The molecule has 0 saturated heterocycles. The Hall–Kier alpha value is -3.94. The molecule has 0 bridgehead atoms. The summed E-state index contributed by atoms with van der Waals surface area (Å²) < 4.78 is 5.34. The number of hydrogen-bond acceptors (Lipinski definition) is 7. The van der Waals surface area contributed by atoms with Gasteiger partial charge in [0.05, 0.1) is 5.57 Å². The lowest BCUT2D eigenvalue weighted by Crippen LogP contribution is -2.35. The van der Waals surface area contributed by atoms with Gasteiger partial charge >= 0.3 is 0 Å². The minimum atomic E-state index is -0.480. The van der Waals surface area contributed by atoms with E-state index in [4.69, 9.17) is 10.5 Å². The van der Waals surface area contributed by atoms with Crippen LogP contribution in [-0.2, 0) is 11.3 Å². The SMILES string of the molecule is NC(=O)C1=C(NCc2ccccc2)C=C(Nc2ccc3c(c2)N=C([O-])CO3)NC1. The summed E-state index contributed by atoms with van der Waals surface area (Å²) in [5.74, 6) is 0.466. The number of anilines is 1. The van der Waals surface area contributed by atoms with Crippen LogP contribution in [-0.4, -0.2) is 25.0 Å². The zero-order valence-electron chi connectivity index (χ0n) is 15.6. The summed E-state index contributed by atoms with van der Waals surface area (Å²) in [4.78, 5) is 15.8. The van der Waals surface area contributed by atoms with Crippen LogP contribution >= 0.6 is 0 Å². The number of nitrogens with one attached hydrogen (secondary N) is 3. The highest BCUT2D eigenvalue weighted by Crippen LogP contribution is 2.33. The van der Waals surface area contributed by atoms with E-state index in [0.717, 1.165) is 11.3 Å². The normalized spacial score (nSPS) is 15.3. The minimum Gasteiger partial charge on any atom is -0.859 e. The molecule has 0 atom stereocenters. The molecule has 29 heavy (non-hydrogen) atoms. The van der Waals surface area contributed by atoms with Crippen LogP contribution in [0, 0.1) is 0 Å². The molecule has 0 radical (unpaired) electrons. The highest BCUT2D eigenvalue weighted by atomic mass is 16.5. The number of nitrogens with zero attached hydrogens (tertiary/aromatic N) is 1. The maximum Gasteiger partial charge on any atom is 0.248 e. The Morgan fingerprint density at radius 3 is 2.86 bits per heavy atom. The van der Waals surface area contributed by atoms with E-state index in [9.17, 15) is 9.90 Å². The first kappa shape index (κ1) is 18.4. The maximum absolute atomic E-state index is 11.8. The molecule has 0 aliphatic carbocycles. The van der Waals surface area contributed by atoms with Crippen molar-refractivity contribution < 1.29 is 14.6 Å². The average molecular weight is 390 g/mol. The second kappa shape index (κ2) is 7.97. The molecule has 2 aliphatic rings. The lowest BCUT2D eigenvalue weighted by Gasteiger charge is -2.24. The van der Waals surface area contributed by atoms with Gasteiger partial charge in [0.25, 0.3) is 0 Å². The van der Waals surface area contributed by atoms with Crippen molar-refractivity contribution in [1.29, 1.82) is 0 Å². The van der Waals surface area contributed by atoms with E-state index in [1.165, 1.54) is 0 Å². The topological polar surface area (TPSA) is 124 Å². The number of ether oxygens (including phenoxy) is 1. The standard InChI is InChI=1S/C21H21N5O3/c22-21(28)15-11-24-19(9-16(15)23-10-13-4-2-1-3-5-13)25-14-6-7-18-17(8-14)26-20(27)12-29-18/h1-9,23-25H,10-12H2,(H2,22,28)(H,26,27)/p-1. The Kier molecular flexibility index (Phi) is 5.07. The van der Waals surface area contributed by atoms with Crippen LogP contribution in [0.1, 0.15) is 5.56 Å². The second-order valence-electron chi connectivity index (χ2n) is 6.61. The predicted molar refractivity (Wildman–Crippen MR) is 108 cm³/mol. The molecule has 0 saturated carbocycles. The fraction of sp³-hybridized carbons (Fsp3) is 0.143. The predicted octanol–water partition coefficient (Wildman–Crippen LogP) is 0.855. The summed E-state index contributed by atoms with van der Waals surface area (Å²) in [6.45, 7) is 0.819. The molecule has 0 unspecified atom stereocenters. The van der Waals surface area contributed by atoms with Crippen LogP contribution in [0.15, 0.2) is 76.7 Å². The molecular formula is C21H20N5O3-. The summed E-state index contributed by atoms with van der Waals surface area (Å²) in [5.41, 5.74) is 8.97. The molecule has 8 nitrogen and oxygen atoms in total. The van der Waals surface area contributed by atoms with Gasteiger partial charge in [0, 0.05) is 36.4 Å². The number of fused-ring (bicyclic) bond motifs is 1. The molecule has 5 N–H and O–H groups in total. The van der Waals surface area contributed by atoms with Gasteiger partial charge in [-0.25, -0.2) is 0 Å². The van der Waals surface area contributed by atoms with E-state index < -0.39 is 5.91 Å². The summed E-state index contributed by atoms with van der Waals surface area (Å²) in [5, 5.41) is 21.1. The third-order valence-electron chi connectivity index (χ3n) is 4.53. The van der Waals surface area contributed by atoms with Gasteiger partial charge in [0.1, 0.15) is 23.9 Å². The Morgan fingerprint density at radius 1 is 1.24 bits per heavy atom. The van der Waals surface area contributed by atoms with E-state index in [0.29, 0.717) is 41.6 Å². The van der Waals surface area contributed by atoms with Crippen LogP contribution in [0.2, 0.25) is 0 Å². The van der Waals surface area contributed by atoms with Crippen molar-refractivity contribution in [3.8, 4) is 5.75 Å². The molecule has 148 valence electrons. The van der Waals surface area contributed by atoms with Gasteiger partial charge in [-0.05, 0) is 23.8 Å². The Morgan fingerprint density at radius 2 is 2.07 bits per heavy atom. The van der Waals surface area contributed by atoms with Crippen molar-refractivity contribution in [2.45, 2.75) is 6.54 Å². The number of primary amides is 1. The monoisotopic (exact) mass is 390 g/mol. The molecular weight excluding hydrogens is 370 g/mol. The molecule has 2 aromatic rings. The third kappa shape index (κ3) is 4.32. The van der Waals surface area contributed by atoms with Gasteiger partial charge in [-0.15, -0.1) is 0 Å².